The van der Waals surface area contributed by atoms with Crippen LogP contribution in [0.3, 0.4) is 0 Å². The Bertz CT molecular complexity index is 1490. The van der Waals surface area contributed by atoms with Crippen LogP contribution in [0, 0.1) is 30.6 Å². The van der Waals surface area contributed by atoms with Gasteiger partial charge in [0.25, 0.3) is 5.56 Å². The Labute approximate surface area is 220 Å². The van der Waals surface area contributed by atoms with Crippen molar-refractivity contribution < 1.29 is 18.8 Å². The van der Waals surface area contributed by atoms with E-state index in [1.807, 2.05) is 30.4 Å². The van der Waals surface area contributed by atoms with E-state index < -0.39 is 11.9 Å². The molecule has 6 rings (SSSR count). The number of para-hydroxylation sites is 1. The summed E-state index contributed by atoms with van der Waals surface area (Å²) in [7, 11) is 1.74. The third-order valence-electron chi connectivity index (χ3n) is 7.94. The van der Waals surface area contributed by atoms with Gasteiger partial charge in [-0.3, -0.25) is 28.8 Å². The summed E-state index contributed by atoms with van der Waals surface area (Å²) in [5.41, 5.74) is 1.02. The number of imide groups is 1. The molecule has 0 radical (unpaired) electrons. The lowest BCUT2D eigenvalue weighted by molar-refractivity contribution is -0.144. The molecule has 1 N–H and O–H groups in total. The first kappa shape index (κ1) is 23.7. The van der Waals surface area contributed by atoms with E-state index in [4.69, 9.17) is 4.42 Å². The summed E-state index contributed by atoms with van der Waals surface area (Å²) in [6.07, 6.45) is 4.64. The molecule has 2 fully saturated rings. The first-order valence-corrected chi connectivity index (χ1v) is 13.0. The van der Waals surface area contributed by atoms with Gasteiger partial charge in [0.15, 0.2) is 4.67 Å². The number of hydrogen-bond acceptors (Lipinski definition) is 5. The SMILES string of the molecule is Cc1c(NC(=O)CC(c2ccc(Br)o2)N2C(=O)C3C4C=CC(C4)C3C2=O)c(=O)n(-c2ccccc2)n1C. The monoisotopic (exact) mass is 564 g/mol. The van der Waals surface area contributed by atoms with Crippen LogP contribution < -0.4 is 10.9 Å². The molecule has 3 amide bonds. The van der Waals surface area contributed by atoms with E-state index in [0.717, 1.165) is 6.42 Å². The zero-order valence-electron chi connectivity index (χ0n) is 20.3. The van der Waals surface area contributed by atoms with E-state index in [0.29, 0.717) is 21.8 Å². The van der Waals surface area contributed by atoms with Crippen LogP contribution in [0.2, 0.25) is 0 Å². The lowest BCUT2D eigenvalue weighted by Gasteiger charge is -2.26. The Morgan fingerprint density at radius 1 is 1.05 bits per heavy atom. The van der Waals surface area contributed by atoms with Crippen LogP contribution >= 0.6 is 15.9 Å². The number of allylic oxidation sites excluding steroid dienone is 2. The molecular formula is C27H25BrN4O5. The summed E-state index contributed by atoms with van der Waals surface area (Å²) in [5, 5.41) is 2.74. The van der Waals surface area contributed by atoms with Gasteiger partial charge in [-0.15, -0.1) is 0 Å². The maximum absolute atomic E-state index is 13.5. The third kappa shape index (κ3) is 3.65. The Morgan fingerprint density at radius 3 is 2.30 bits per heavy atom. The number of furan rings is 1. The first-order valence-electron chi connectivity index (χ1n) is 12.2. The van der Waals surface area contributed by atoms with Gasteiger partial charge in [-0.05, 0) is 65.4 Å². The summed E-state index contributed by atoms with van der Waals surface area (Å²) in [6.45, 7) is 1.75. The number of aromatic nitrogens is 2. The topological polar surface area (TPSA) is 107 Å². The molecule has 10 heteroatoms. The van der Waals surface area contributed by atoms with E-state index in [-0.39, 0.29) is 53.2 Å². The predicted octanol–water partition coefficient (Wildman–Crippen LogP) is 3.72. The molecule has 1 aliphatic heterocycles. The zero-order chi connectivity index (χ0) is 26.0. The molecule has 9 nitrogen and oxygen atoms in total. The number of fused-ring (bicyclic) bond motifs is 5. The molecule has 1 aromatic carbocycles. The van der Waals surface area contributed by atoms with Crippen molar-refractivity contribution in [2.24, 2.45) is 30.7 Å². The van der Waals surface area contributed by atoms with Crippen molar-refractivity contribution in [3.05, 3.63) is 81.1 Å². The van der Waals surface area contributed by atoms with Crippen LogP contribution in [-0.4, -0.2) is 32.0 Å². The van der Waals surface area contributed by atoms with Crippen molar-refractivity contribution in [2.75, 3.05) is 5.32 Å². The van der Waals surface area contributed by atoms with E-state index in [1.54, 1.807) is 42.9 Å². The Morgan fingerprint density at radius 2 is 1.70 bits per heavy atom. The van der Waals surface area contributed by atoms with E-state index >= 15 is 0 Å². The van der Waals surface area contributed by atoms with Gasteiger partial charge in [0.1, 0.15) is 17.5 Å². The molecule has 3 aromatic rings. The number of likely N-dealkylation sites (tertiary alicyclic amines) is 1. The van der Waals surface area contributed by atoms with Crippen molar-refractivity contribution in [3.63, 3.8) is 0 Å². The molecule has 5 atom stereocenters. The summed E-state index contributed by atoms with van der Waals surface area (Å²) >= 11 is 3.28. The van der Waals surface area contributed by atoms with Gasteiger partial charge in [-0.2, -0.15) is 0 Å². The number of rotatable bonds is 6. The van der Waals surface area contributed by atoms with E-state index in [1.165, 1.54) is 9.58 Å². The second kappa shape index (κ2) is 8.72. The quantitative estimate of drug-likeness (QED) is 0.362. The number of nitrogens with one attached hydrogen (secondary N) is 1. The Hall–Kier alpha value is -3.66. The highest BCUT2D eigenvalue weighted by Crippen LogP contribution is 2.54. The van der Waals surface area contributed by atoms with E-state index in [2.05, 4.69) is 21.2 Å². The van der Waals surface area contributed by atoms with Crippen LogP contribution in [0.1, 0.15) is 30.3 Å². The maximum atomic E-state index is 13.5. The largest absolute Gasteiger partial charge is 0.452 e. The zero-order valence-corrected chi connectivity index (χ0v) is 21.8. The molecule has 2 bridgehead atoms. The van der Waals surface area contributed by atoms with Gasteiger partial charge in [-0.25, -0.2) is 4.68 Å². The average Bonchev–Trinajstić information content (AvgIpc) is 3.68. The van der Waals surface area contributed by atoms with Crippen molar-refractivity contribution in [3.8, 4) is 5.69 Å². The van der Waals surface area contributed by atoms with Crippen molar-refractivity contribution in [1.29, 1.82) is 0 Å². The maximum Gasteiger partial charge on any atom is 0.295 e. The van der Waals surface area contributed by atoms with Crippen molar-refractivity contribution in [1.82, 2.24) is 14.3 Å². The van der Waals surface area contributed by atoms with Crippen LogP contribution in [0.5, 0.6) is 0 Å². The van der Waals surface area contributed by atoms with Gasteiger partial charge >= 0.3 is 0 Å². The molecule has 2 aromatic heterocycles. The third-order valence-corrected chi connectivity index (χ3v) is 8.36. The Balaban J connectivity index is 1.30. The van der Waals surface area contributed by atoms with Crippen LogP contribution in [-0.2, 0) is 21.4 Å². The average molecular weight is 565 g/mol. The first-order chi connectivity index (χ1) is 17.8. The number of hydrogen-bond donors (Lipinski definition) is 1. The summed E-state index contributed by atoms with van der Waals surface area (Å²) < 4.78 is 9.31. The number of anilines is 1. The number of carbonyl (C=O) groups excluding carboxylic acids is 3. The summed E-state index contributed by atoms with van der Waals surface area (Å²) in [6, 6.07) is 11.5. The highest BCUT2D eigenvalue weighted by Gasteiger charge is 2.60. The minimum absolute atomic E-state index is 0.0534. The molecule has 1 saturated heterocycles. The number of benzene rings is 1. The molecule has 190 valence electrons. The van der Waals surface area contributed by atoms with Gasteiger partial charge in [0.05, 0.1) is 29.6 Å². The smallest absolute Gasteiger partial charge is 0.295 e. The normalized spacial score (nSPS) is 24.7. The standard InChI is InChI=1S/C27H25BrN4O5/c1-14-24(27(36)32(30(14)2)17-6-4-3-5-7-17)29-21(33)13-18(19-10-11-20(28)37-19)31-25(34)22-15-8-9-16(12-15)23(22)26(31)35/h3-11,15-16,18,22-23H,12-13H2,1-2H3,(H,29,33). The molecule has 1 saturated carbocycles. The van der Waals surface area contributed by atoms with Gasteiger partial charge in [-0.1, -0.05) is 30.4 Å². The molecule has 0 spiro atoms. The van der Waals surface area contributed by atoms with Crippen LogP contribution in [0.4, 0.5) is 5.69 Å². The fourth-order valence-electron chi connectivity index (χ4n) is 6.14. The molecular weight excluding hydrogens is 540 g/mol. The van der Waals surface area contributed by atoms with Gasteiger partial charge in [0.2, 0.25) is 17.7 Å². The van der Waals surface area contributed by atoms with Crippen LogP contribution in [0.15, 0.2) is 68.5 Å². The highest BCUT2D eigenvalue weighted by molar-refractivity contribution is 9.10. The fourth-order valence-corrected chi connectivity index (χ4v) is 6.46. The number of halogens is 1. The molecule has 3 aliphatic rings. The number of nitrogens with zero attached hydrogens (tertiary/aromatic N) is 3. The summed E-state index contributed by atoms with van der Waals surface area (Å²) in [4.78, 5) is 54.8. The number of amides is 3. The lowest BCUT2D eigenvalue weighted by atomic mass is 9.85. The van der Waals surface area contributed by atoms with Crippen molar-refractivity contribution in [2.45, 2.75) is 25.8 Å². The molecule has 5 unspecified atom stereocenters. The highest BCUT2D eigenvalue weighted by atomic mass is 79.9. The second-order valence-electron chi connectivity index (χ2n) is 9.89. The second-order valence-corrected chi connectivity index (χ2v) is 10.7. The van der Waals surface area contributed by atoms with Crippen LogP contribution in [0.25, 0.3) is 5.69 Å². The van der Waals surface area contributed by atoms with Crippen molar-refractivity contribution >= 4 is 39.3 Å². The van der Waals surface area contributed by atoms with E-state index in [9.17, 15) is 19.2 Å². The molecule has 3 heterocycles. The lowest BCUT2D eigenvalue weighted by Crippen LogP contribution is -2.38. The minimum Gasteiger partial charge on any atom is -0.452 e. The molecule has 2 aliphatic carbocycles. The number of carbonyl (C=O) groups is 3. The van der Waals surface area contributed by atoms with Gasteiger partial charge < -0.3 is 9.73 Å². The summed E-state index contributed by atoms with van der Waals surface area (Å²) in [5.74, 6) is -1.37. The van der Waals surface area contributed by atoms with Gasteiger partial charge in [0, 0.05) is 7.05 Å². The Kier molecular flexibility index (Phi) is 5.59. The minimum atomic E-state index is -0.920. The molecule has 37 heavy (non-hydrogen) atoms. The fraction of sp³-hybridized carbons (Fsp3) is 0.333. The predicted molar refractivity (Wildman–Crippen MR) is 138 cm³/mol.